The fourth-order valence-corrected chi connectivity index (χ4v) is 4.94. The zero-order valence-corrected chi connectivity index (χ0v) is 16.1. The topological polar surface area (TPSA) is 104 Å². The summed E-state index contributed by atoms with van der Waals surface area (Å²) < 4.78 is 28.7. The highest BCUT2D eigenvalue weighted by Gasteiger charge is 2.32. The first-order chi connectivity index (χ1) is 12.3. The van der Waals surface area contributed by atoms with Crippen molar-refractivity contribution < 1.29 is 8.42 Å². The van der Waals surface area contributed by atoms with Gasteiger partial charge in [-0.15, -0.1) is 0 Å². The Kier molecular flexibility index (Phi) is 5.26. The molecule has 0 unspecified atom stereocenters. The first-order valence-electron chi connectivity index (χ1n) is 8.58. The second kappa shape index (κ2) is 7.29. The molecule has 2 aromatic heterocycles. The third-order valence-electron chi connectivity index (χ3n) is 4.62. The summed E-state index contributed by atoms with van der Waals surface area (Å²) in [6.07, 6.45) is 0. The van der Waals surface area contributed by atoms with Crippen LogP contribution in [0.25, 0.3) is 0 Å². The van der Waals surface area contributed by atoms with Gasteiger partial charge in [0.05, 0.1) is 23.6 Å². The van der Waals surface area contributed by atoms with Crippen LogP contribution in [0.4, 0.5) is 0 Å². The quantitative estimate of drug-likeness (QED) is 0.777. The van der Waals surface area contributed by atoms with Crippen molar-refractivity contribution in [3.8, 4) is 0 Å². The first-order valence-corrected chi connectivity index (χ1v) is 10.0. The van der Waals surface area contributed by atoms with Gasteiger partial charge in [-0.1, -0.05) is 0 Å². The third-order valence-corrected chi connectivity index (χ3v) is 6.78. The summed E-state index contributed by atoms with van der Waals surface area (Å²) in [6, 6.07) is 3.21. The van der Waals surface area contributed by atoms with Crippen molar-refractivity contribution in [2.45, 2.75) is 32.2 Å². The number of hydrogen-bond acceptors (Lipinski definition) is 6. The summed E-state index contributed by atoms with van der Waals surface area (Å²) >= 11 is 0. The number of piperazine rings is 1. The van der Waals surface area contributed by atoms with Gasteiger partial charge in [-0.25, -0.2) is 13.1 Å². The molecule has 3 heterocycles. The molecule has 1 aliphatic heterocycles. The predicted octanol–water partition coefficient (Wildman–Crippen LogP) is -0.102. The normalized spacial score (nSPS) is 16.9. The van der Waals surface area contributed by atoms with E-state index in [1.54, 1.807) is 19.9 Å². The Bertz CT molecular complexity index is 922. The highest BCUT2D eigenvalue weighted by Crippen LogP contribution is 2.22. The molecule has 0 bridgehead atoms. The monoisotopic (exact) mass is 380 g/mol. The van der Waals surface area contributed by atoms with Gasteiger partial charge in [0.15, 0.2) is 0 Å². The lowest BCUT2D eigenvalue weighted by Crippen LogP contribution is -2.49. The molecule has 0 amide bonds. The second-order valence-corrected chi connectivity index (χ2v) is 8.42. The van der Waals surface area contributed by atoms with Crippen LogP contribution in [0.5, 0.6) is 0 Å². The van der Waals surface area contributed by atoms with E-state index in [1.807, 2.05) is 6.92 Å². The summed E-state index contributed by atoms with van der Waals surface area (Å²) in [5.41, 5.74) is 1.73. The van der Waals surface area contributed by atoms with Crippen molar-refractivity contribution in [2.24, 2.45) is 0 Å². The van der Waals surface area contributed by atoms with Crippen LogP contribution in [0.2, 0.25) is 0 Å². The minimum Gasteiger partial charge on any atom is -0.299 e. The van der Waals surface area contributed by atoms with Crippen LogP contribution in [0.3, 0.4) is 0 Å². The minimum absolute atomic E-state index is 0.122. The number of nitrogens with one attached hydrogen (secondary N) is 1. The lowest BCUT2D eigenvalue weighted by molar-refractivity contribution is 0.180. The molecule has 1 N–H and O–H groups in total. The molecular weight excluding hydrogens is 356 g/mol. The number of hydrogen-bond donors (Lipinski definition) is 1. The third kappa shape index (κ3) is 3.71. The summed E-state index contributed by atoms with van der Waals surface area (Å²) in [5, 5.41) is 10.9. The molecule has 142 valence electrons. The molecule has 1 aliphatic rings. The Balaban J connectivity index is 1.61. The van der Waals surface area contributed by atoms with E-state index < -0.39 is 10.0 Å². The average molecular weight is 380 g/mol. The highest BCUT2D eigenvalue weighted by molar-refractivity contribution is 7.89. The number of sulfonamides is 1. The molecule has 0 radical (unpaired) electrons. The van der Waals surface area contributed by atoms with Gasteiger partial charge in [0.25, 0.3) is 5.56 Å². The fraction of sp³-hybridized carbons (Fsp3) is 0.562. The Morgan fingerprint density at radius 1 is 1.08 bits per heavy atom. The number of H-pyrrole nitrogens is 1. The molecule has 1 saturated heterocycles. The van der Waals surface area contributed by atoms with E-state index in [0.29, 0.717) is 50.7 Å². The zero-order chi connectivity index (χ0) is 18.9. The maximum absolute atomic E-state index is 12.9. The number of aryl methyl sites for hydroxylation is 3. The van der Waals surface area contributed by atoms with E-state index in [2.05, 4.69) is 20.2 Å². The van der Waals surface area contributed by atoms with E-state index in [4.69, 9.17) is 0 Å². The largest absolute Gasteiger partial charge is 0.299 e. The summed E-state index contributed by atoms with van der Waals surface area (Å²) in [4.78, 5) is 14.2. The van der Waals surface area contributed by atoms with Crippen molar-refractivity contribution in [1.29, 1.82) is 0 Å². The lowest BCUT2D eigenvalue weighted by Gasteiger charge is -2.33. The molecule has 0 aromatic carbocycles. The Morgan fingerprint density at radius 3 is 2.38 bits per heavy atom. The van der Waals surface area contributed by atoms with Crippen LogP contribution in [0.1, 0.15) is 17.1 Å². The van der Waals surface area contributed by atoms with Crippen molar-refractivity contribution in [3.05, 3.63) is 39.6 Å². The number of nitrogens with zero attached hydrogens (tertiary/aromatic N) is 5. The number of rotatable bonds is 5. The van der Waals surface area contributed by atoms with Crippen LogP contribution in [0.15, 0.2) is 21.8 Å². The van der Waals surface area contributed by atoms with Crippen LogP contribution in [0, 0.1) is 20.8 Å². The molecule has 10 heteroatoms. The smallest absolute Gasteiger partial charge is 0.266 e. The SMILES string of the molecule is Cc1ccc(=O)n(CCN2CCN(S(=O)(=O)c3c(C)n[nH]c3C)CC2)n1. The minimum atomic E-state index is -3.54. The highest BCUT2D eigenvalue weighted by atomic mass is 32.2. The van der Waals surface area contributed by atoms with Crippen molar-refractivity contribution in [3.63, 3.8) is 0 Å². The van der Waals surface area contributed by atoms with E-state index in [9.17, 15) is 13.2 Å². The van der Waals surface area contributed by atoms with Gasteiger partial charge in [-0.05, 0) is 26.8 Å². The van der Waals surface area contributed by atoms with Gasteiger partial charge in [-0.2, -0.15) is 14.5 Å². The molecule has 0 spiro atoms. The van der Waals surface area contributed by atoms with Crippen molar-refractivity contribution in [2.75, 3.05) is 32.7 Å². The maximum Gasteiger partial charge on any atom is 0.266 e. The number of aromatic nitrogens is 4. The zero-order valence-electron chi connectivity index (χ0n) is 15.3. The molecule has 0 atom stereocenters. The second-order valence-electron chi connectivity index (χ2n) is 6.54. The van der Waals surface area contributed by atoms with Crippen LogP contribution < -0.4 is 5.56 Å². The lowest BCUT2D eigenvalue weighted by atomic mass is 10.3. The van der Waals surface area contributed by atoms with E-state index in [1.165, 1.54) is 15.1 Å². The van der Waals surface area contributed by atoms with Gasteiger partial charge in [0.2, 0.25) is 10.0 Å². The van der Waals surface area contributed by atoms with Crippen LogP contribution >= 0.6 is 0 Å². The molecule has 3 rings (SSSR count). The Morgan fingerprint density at radius 2 is 1.77 bits per heavy atom. The van der Waals surface area contributed by atoms with E-state index in [-0.39, 0.29) is 10.5 Å². The fourth-order valence-electron chi connectivity index (χ4n) is 3.19. The Labute approximate surface area is 152 Å². The first kappa shape index (κ1) is 18.7. The molecular formula is C16H24N6O3S. The Hall–Kier alpha value is -2.04. The van der Waals surface area contributed by atoms with Gasteiger partial charge in [0.1, 0.15) is 4.90 Å². The molecule has 0 aliphatic carbocycles. The van der Waals surface area contributed by atoms with Crippen LogP contribution in [-0.2, 0) is 16.6 Å². The molecule has 1 fully saturated rings. The van der Waals surface area contributed by atoms with Gasteiger partial charge in [0, 0.05) is 38.8 Å². The van der Waals surface area contributed by atoms with Gasteiger partial charge in [-0.3, -0.25) is 14.8 Å². The maximum atomic E-state index is 12.9. The van der Waals surface area contributed by atoms with Crippen molar-refractivity contribution >= 4 is 10.0 Å². The summed E-state index contributed by atoms with van der Waals surface area (Å²) in [6.45, 7) is 8.49. The van der Waals surface area contributed by atoms with Gasteiger partial charge < -0.3 is 0 Å². The van der Waals surface area contributed by atoms with Gasteiger partial charge >= 0.3 is 0 Å². The standard InChI is InChI=1S/C16H24N6O3S/c1-12-4-5-15(23)22(19-12)11-8-20-6-9-21(10-7-20)26(24,25)16-13(2)17-18-14(16)3/h4-5H,6-11H2,1-3H3,(H,17,18). The molecule has 0 saturated carbocycles. The van der Waals surface area contributed by atoms with E-state index >= 15 is 0 Å². The predicted molar refractivity (Wildman–Crippen MR) is 96.5 cm³/mol. The van der Waals surface area contributed by atoms with Crippen molar-refractivity contribution in [1.82, 2.24) is 29.2 Å². The van der Waals surface area contributed by atoms with E-state index in [0.717, 1.165) is 5.69 Å². The summed E-state index contributed by atoms with van der Waals surface area (Å²) in [7, 11) is -3.54. The molecule has 2 aromatic rings. The number of aromatic amines is 1. The summed E-state index contributed by atoms with van der Waals surface area (Å²) in [5.74, 6) is 0. The molecule has 9 nitrogen and oxygen atoms in total. The average Bonchev–Trinajstić information content (AvgIpc) is 2.95. The molecule has 26 heavy (non-hydrogen) atoms. The van der Waals surface area contributed by atoms with Crippen LogP contribution in [-0.4, -0.2) is 70.3 Å².